The lowest BCUT2D eigenvalue weighted by atomic mass is 10.1. The normalized spacial score (nSPS) is 11.2. The summed E-state index contributed by atoms with van der Waals surface area (Å²) in [6, 6.07) is 67.3. The number of rotatable bonds is 19. The molecule has 0 amide bonds. The maximum Gasteiger partial charge on any atom is 0.341 e. The fraction of sp³-hybridized carbons (Fsp3) is 0.0989. The van der Waals surface area contributed by atoms with Gasteiger partial charge in [0.1, 0.15) is 74.4 Å². The van der Waals surface area contributed by atoms with Gasteiger partial charge >= 0.3 is 11.9 Å². The minimum absolute atomic E-state index is 0.0628. The second kappa shape index (κ2) is 46.2. The zero-order valence-electron chi connectivity index (χ0n) is 64.8. The minimum atomic E-state index is -0.625. The van der Waals surface area contributed by atoms with Crippen molar-refractivity contribution in [2.75, 3.05) is 21.3 Å². The van der Waals surface area contributed by atoms with E-state index in [-0.39, 0.29) is 85.1 Å². The lowest BCUT2D eigenvalue weighted by Gasteiger charge is -2.05. The largest absolute Gasteiger partial charge is 0.508 e. The number of phenols is 12. The van der Waals surface area contributed by atoms with Crippen LogP contribution in [-0.4, -0.2) is 143 Å². The van der Waals surface area contributed by atoms with Crippen LogP contribution in [0, 0.1) is 13.8 Å². The average molecular weight is 1630 g/mol. The van der Waals surface area contributed by atoms with Crippen LogP contribution in [0.2, 0.25) is 10.0 Å². The maximum absolute atomic E-state index is 11.5. The summed E-state index contributed by atoms with van der Waals surface area (Å²) in [5.74, 6) is 0.666. The van der Waals surface area contributed by atoms with E-state index in [4.69, 9.17) is 43.3 Å². The number of ether oxygens (including phenoxy) is 3. The molecule has 12 aromatic rings. The Hall–Kier alpha value is -15.1. The van der Waals surface area contributed by atoms with Crippen LogP contribution in [-0.2, 0) is 9.47 Å². The Morgan fingerprint density at radius 3 is 1.02 bits per heavy atom. The SMILES string of the molecule is CC/C(=N\N=C(/CC)c1ccc(O)cc1)c1ccc(O)cc1.COC(=O)c1cc(/C=N/N=C/c2ccc(O)cc2)ccc1O.COC(=O)c1cc(N=Cc2ccc(O)cc2)ccc1O.COc1cc(C=Nc2ccc(O)c(C)c2)ccc1O.Cc1cc(N=Cc2ccc(O)cc2)ccc1O.Oc1ccc(C=Nc2cc(Cl)c(O)cc2Cl)cc1. The third-order valence-corrected chi connectivity index (χ3v) is 16.9. The molecule has 12 N–H and O–H groups in total. The summed E-state index contributed by atoms with van der Waals surface area (Å²) in [5, 5.41) is 129. The molecule has 12 aromatic carbocycles. The van der Waals surface area contributed by atoms with Crippen molar-refractivity contribution in [3.63, 3.8) is 0 Å². The van der Waals surface area contributed by atoms with Crippen LogP contribution in [0.3, 0.4) is 0 Å². The van der Waals surface area contributed by atoms with Gasteiger partial charge in [0, 0.05) is 30.9 Å². The van der Waals surface area contributed by atoms with E-state index >= 15 is 0 Å². The number of phenolic OH excluding ortho intramolecular Hbond substituents is 12. The van der Waals surface area contributed by atoms with Gasteiger partial charge in [-0.15, -0.1) is 0 Å². The van der Waals surface area contributed by atoms with Crippen molar-refractivity contribution in [3.8, 4) is 74.7 Å². The fourth-order valence-electron chi connectivity index (χ4n) is 9.75. The molecule has 0 aromatic heterocycles. The van der Waals surface area contributed by atoms with Crippen molar-refractivity contribution < 1.29 is 85.1 Å². The van der Waals surface area contributed by atoms with Gasteiger partial charge in [-0.2, -0.15) is 20.4 Å². The number of benzene rings is 12. The molecule has 0 saturated heterocycles. The van der Waals surface area contributed by atoms with E-state index in [1.165, 1.54) is 70.2 Å². The van der Waals surface area contributed by atoms with Crippen LogP contribution < -0.4 is 4.74 Å². The Kier molecular flexibility index (Phi) is 35.3. The molecule has 604 valence electrons. The second-order valence-corrected chi connectivity index (χ2v) is 25.7. The Balaban J connectivity index is 0.000000196. The Labute approximate surface area is 690 Å². The number of esters is 2. The fourth-order valence-corrected chi connectivity index (χ4v) is 10.1. The number of carbonyl (C=O) groups excluding carboxylic acids is 2. The van der Waals surface area contributed by atoms with Crippen molar-refractivity contribution in [1.82, 2.24) is 0 Å². The second-order valence-electron chi connectivity index (χ2n) is 24.9. The molecule has 0 radical (unpaired) electrons. The molecule has 0 aliphatic rings. The van der Waals surface area contributed by atoms with Crippen LogP contribution in [0.5, 0.6) is 74.7 Å². The Bertz CT molecular complexity index is 5530. The summed E-state index contributed by atoms with van der Waals surface area (Å²) in [5.41, 5.74) is 12.6. The third kappa shape index (κ3) is 29.8. The van der Waals surface area contributed by atoms with Crippen LogP contribution in [0.4, 0.5) is 22.7 Å². The summed E-state index contributed by atoms with van der Waals surface area (Å²) in [4.78, 5) is 39.9. The van der Waals surface area contributed by atoms with E-state index in [0.29, 0.717) is 27.7 Å². The number of hydrogen-bond donors (Lipinski definition) is 12. The zero-order chi connectivity index (χ0) is 85.6. The molecular formula is C91H84Cl2N8O17. The monoisotopic (exact) mass is 1630 g/mol. The van der Waals surface area contributed by atoms with Gasteiger partial charge in [0.15, 0.2) is 11.5 Å². The van der Waals surface area contributed by atoms with Crippen molar-refractivity contribution >= 4 is 107 Å². The van der Waals surface area contributed by atoms with E-state index < -0.39 is 11.9 Å². The highest BCUT2D eigenvalue weighted by molar-refractivity contribution is 6.36. The van der Waals surface area contributed by atoms with Gasteiger partial charge in [0.2, 0.25) is 0 Å². The molecule has 0 aliphatic heterocycles. The molecule has 27 heteroatoms. The van der Waals surface area contributed by atoms with E-state index in [2.05, 4.69) is 49.8 Å². The number of halogens is 2. The van der Waals surface area contributed by atoms with Gasteiger partial charge in [0.25, 0.3) is 0 Å². The molecule has 0 saturated carbocycles. The van der Waals surface area contributed by atoms with Crippen LogP contribution in [0.15, 0.2) is 289 Å². The van der Waals surface area contributed by atoms with E-state index in [9.17, 15) is 55.5 Å². The molecule has 25 nitrogen and oxygen atoms in total. The van der Waals surface area contributed by atoms with E-state index in [1.54, 1.807) is 207 Å². The van der Waals surface area contributed by atoms with Crippen molar-refractivity contribution in [1.29, 1.82) is 0 Å². The van der Waals surface area contributed by atoms with E-state index in [0.717, 1.165) is 85.7 Å². The first-order valence-corrected chi connectivity index (χ1v) is 36.5. The first kappa shape index (κ1) is 90.1. The highest BCUT2D eigenvalue weighted by Crippen LogP contribution is 2.36. The summed E-state index contributed by atoms with van der Waals surface area (Å²) in [6.45, 7) is 7.69. The van der Waals surface area contributed by atoms with Crippen molar-refractivity contribution in [2.24, 2.45) is 40.4 Å². The van der Waals surface area contributed by atoms with E-state index in [1.807, 2.05) is 58.0 Å². The van der Waals surface area contributed by atoms with Crippen LogP contribution in [0.1, 0.15) is 103 Å². The molecular weight excluding hydrogens is 1550 g/mol. The molecule has 0 heterocycles. The Morgan fingerprint density at radius 1 is 0.322 bits per heavy atom. The number of aromatic hydroxyl groups is 12. The standard InChI is InChI=1S/C18H20N2O2.C16H14N2O4.C15H13NO4.C15H15NO3.C14H13NO2.C13H9Cl2NO2/c1-3-17(13-5-9-15(21)10-6-13)19-20-18(4-2)14-7-11-16(22)12-8-14;1-22-16(21)14-8-12(4-7-15(14)20)10-18-17-9-11-2-5-13(19)6-3-11;1-20-15(19)13-8-11(4-7-14(13)18)16-9-10-2-5-12(17)6-3-10;1-10-7-12(4-6-13(10)17)16-9-11-3-5-14(18)15(8-11)19-2;1-10-8-12(4-7-14(10)17)15-9-11-2-5-13(16)6-3-11;14-10-6-13(18)11(15)5-12(10)16-7-8-1-3-9(17)4-2-8/h5-12,21-22H,3-4H2,1-2H3;2-10,19-20H,1H3;2-9,17-18H,1H3;3-9,17-18H,1-2H3;2-9,16-17H,1H3;1-7,17-18H/b19-17+,20-18+;17-9+,18-10+;;;;. The smallest absolute Gasteiger partial charge is 0.341 e. The lowest BCUT2D eigenvalue weighted by Crippen LogP contribution is -2.02. The zero-order valence-corrected chi connectivity index (χ0v) is 66.3. The molecule has 0 aliphatic carbocycles. The van der Waals surface area contributed by atoms with Gasteiger partial charge in [-0.3, -0.25) is 20.0 Å². The van der Waals surface area contributed by atoms with Gasteiger partial charge in [-0.25, -0.2) is 9.59 Å². The highest BCUT2D eigenvalue weighted by atomic mass is 35.5. The first-order chi connectivity index (χ1) is 56.6. The van der Waals surface area contributed by atoms with Gasteiger partial charge in [-0.05, 0) is 325 Å². The summed E-state index contributed by atoms with van der Waals surface area (Å²) >= 11 is 11.7. The summed E-state index contributed by atoms with van der Waals surface area (Å²) < 4.78 is 14.2. The number of aliphatic imine (C=N–C) groups is 4. The molecule has 12 rings (SSSR count). The summed E-state index contributed by atoms with van der Waals surface area (Å²) in [6.07, 6.45) is 11.0. The topological polar surface area (TPSA) is 403 Å². The van der Waals surface area contributed by atoms with Crippen LogP contribution >= 0.6 is 23.2 Å². The quantitative estimate of drug-likeness (QED) is 0.0203. The van der Waals surface area contributed by atoms with Crippen LogP contribution in [0.25, 0.3) is 0 Å². The van der Waals surface area contributed by atoms with Gasteiger partial charge in [0.05, 0.1) is 78.0 Å². The third-order valence-electron chi connectivity index (χ3n) is 16.2. The number of aryl methyl sites for hydroxylation is 2. The molecule has 0 bridgehead atoms. The number of nitrogens with zero attached hydrogens (tertiary/aromatic N) is 8. The molecule has 0 fully saturated rings. The molecule has 118 heavy (non-hydrogen) atoms. The Morgan fingerprint density at radius 2 is 0.636 bits per heavy atom. The molecule has 0 spiro atoms. The molecule has 0 atom stereocenters. The predicted octanol–water partition coefficient (Wildman–Crippen LogP) is 19.6. The number of hydrogen-bond acceptors (Lipinski definition) is 25. The van der Waals surface area contributed by atoms with Gasteiger partial charge in [-0.1, -0.05) is 37.0 Å². The van der Waals surface area contributed by atoms with Crippen molar-refractivity contribution in [3.05, 3.63) is 326 Å². The highest BCUT2D eigenvalue weighted by Gasteiger charge is 2.14. The average Bonchev–Trinajstić information content (AvgIpc) is 0.863. The number of methoxy groups -OCH3 is 3. The minimum Gasteiger partial charge on any atom is -0.508 e. The number of carbonyl (C=O) groups is 2. The van der Waals surface area contributed by atoms with Crippen molar-refractivity contribution in [2.45, 2.75) is 40.5 Å². The summed E-state index contributed by atoms with van der Waals surface area (Å²) in [7, 11) is 3.98. The predicted molar refractivity (Wildman–Crippen MR) is 464 cm³/mol. The maximum atomic E-state index is 11.5. The lowest BCUT2D eigenvalue weighted by molar-refractivity contribution is 0.0588. The first-order valence-electron chi connectivity index (χ1n) is 35.7. The molecule has 0 unspecified atom stereocenters. The van der Waals surface area contributed by atoms with Gasteiger partial charge < -0.3 is 75.5 Å².